The molecule has 0 saturated heterocycles. The van der Waals surface area contributed by atoms with E-state index in [1.165, 1.54) is 11.3 Å². The predicted molar refractivity (Wildman–Crippen MR) is 102 cm³/mol. The molecule has 0 spiro atoms. The Hall–Kier alpha value is -2.64. The first-order valence-electron chi connectivity index (χ1n) is 8.03. The number of hydrogen-bond acceptors (Lipinski definition) is 2. The second kappa shape index (κ2) is 29.6. The van der Waals surface area contributed by atoms with Crippen LogP contribution in [0.1, 0.15) is 29.4 Å². The molecule has 2 rings (SSSR count). The minimum absolute atomic E-state index is 0. The Labute approximate surface area is 194 Å². The SMILES string of the molecule is CCOC/C=C(\c1ccccc1)n1nc(C)c(C)c1C.[C-]#[O+].[C-]#[O+].[C-]#[O+].[C-]#[O+].[C-]#[O+].[Cr]. The van der Waals surface area contributed by atoms with Crippen molar-refractivity contribution in [1.82, 2.24) is 9.78 Å². The molecule has 1 heterocycles. The molecule has 1 aromatic heterocycles. The molecule has 2 aromatic rings. The Kier molecular flexibility index (Phi) is 37.1. The average Bonchev–Trinajstić information content (AvgIpc) is 3.11. The van der Waals surface area contributed by atoms with Crippen LogP contribution >= 0.6 is 0 Å². The van der Waals surface area contributed by atoms with Gasteiger partial charge in [-0.25, -0.2) is 4.68 Å². The molecule has 0 bridgehead atoms. The summed E-state index contributed by atoms with van der Waals surface area (Å²) in [4.78, 5) is 0. The van der Waals surface area contributed by atoms with Crippen LogP contribution in [0.4, 0.5) is 0 Å². The summed E-state index contributed by atoms with van der Waals surface area (Å²) in [6.45, 7) is 32.1. The minimum atomic E-state index is 0. The van der Waals surface area contributed by atoms with E-state index in [1.807, 2.05) is 36.7 Å². The van der Waals surface area contributed by atoms with E-state index in [0.29, 0.717) is 13.2 Å². The number of hydrogen-bond donors (Lipinski definition) is 0. The Morgan fingerprint density at radius 2 is 1.35 bits per heavy atom. The van der Waals surface area contributed by atoms with E-state index in [1.54, 1.807) is 0 Å². The third-order valence-electron chi connectivity index (χ3n) is 3.55. The van der Waals surface area contributed by atoms with Crippen molar-refractivity contribution in [2.45, 2.75) is 27.7 Å². The first-order chi connectivity index (χ1) is 14.6. The van der Waals surface area contributed by atoms with Gasteiger partial charge in [0.15, 0.2) is 0 Å². The fourth-order valence-electron chi connectivity index (χ4n) is 2.15. The standard InChI is InChI=1S/C17H22N2O.5CO.Cr/c1-5-20-12-11-17(16-9-7-6-8-10-16)19-15(4)13(2)14(3)18-19;5*1-2;/h6-11H,5,12H2,1-4H3;;;;;;/b17-11+;;;;;;. The number of nitrogens with zero attached hydrogens (tertiary/aromatic N) is 2. The van der Waals surface area contributed by atoms with Gasteiger partial charge in [-0.05, 0) is 44.9 Å². The summed E-state index contributed by atoms with van der Waals surface area (Å²) in [6, 6.07) is 10.3. The largest absolute Gasteiger partial charge is 0 e. The van der Waals surface area contributed by atoms with Crippen molar-refractivity contribution in [3.63, 3.8) is 0 Å². The molecule has 0 aliphatic heterocycles. The normalized spacial score (nSPS) is 8.00. The number of aryl methyl sites for hydroxylation is 1. The van der Waals surface area contributed by atoms with E-state index in [4.69, 9.17) is 28.0 Å². The summed E-state index contributed by atoms with van der Waals surface area (Å²) in [6.07, 6.45) is 2.09. The second-order valence-electron chi connectivity index (χ2n) is 4.82. The Balaban J connectivity index is -0.000000180. The first-order valence-corrected chi connectivity index (χ1v) is 8.03. The molecule has 8 nitrogen and oxygen atoms in total. The van der Waals surface area contributed by atoms with E-state index in [0.717, 1.165) is 17.0 Å². The molecule has 31 heavy (non-hydrogen) atoms. The maximum atomic E-state index is 7.50. The third kappa shape index (κ3) is 14.9. The summed E-state index contributed by atoms with van der Waals surface area (Å²) in [7, 11) is 0. The van der Waals surface area contributed by atoms with Crippen molar-refractivity contribution in [1.29, 1.82) is 0 Å². The van der Waals surface area contributed by atoms with Gasteiger partial charge in [0.05, 0.1) is 18.0 Å². The number of rotatable bonds is 5. The molecule has 9 heteroatoms. The molecule has 0 unspecified atom stereocenters. The molecule has 1 aromatic carbocycles. The van der Waals surface area contributed by atoms with Gasteiger partial charge in [0.1, 0.15) is 0 Å². The van der Waals surface area contributed by atoms with Gasteiger partial charge in [-0.3, -0.25) is 0 Å². The maximum Gasteiger partial charge on any atom is 0 e. The van der Waals surface area contributed by atoms with E-state index in [-0.39, 0.29) is 17.4 Å². The van der Waals surface area contributed by atoms with Crippen molar-refractivity contribution in [3.05, 3.63) is 92.2 Å². The predicted octanol–water partition coefficient (Wildman–Crippen LogP) is 3.54. The van der Waals surface area contributed by atoms with Crippen LogP contribution in [0.2, 0.25) is 0 Å². The summed E-state index contributed by atoms with van der Waals surface area (Å²) in [5, 5.41) is 4.66. The molecule has 0 radical (unpaired) electrons. The maximum absolute atomic E-state index is 7.50. The Bertz CT molecular complexity index is 783. The number of benzene rings is 1. The van der Waals surface area contributed by atoms with Crippen LogP contribution < -0.4 is 0 Å². The van der Waals surface area contributed by atoms with Crippen molar-refractivity contribution >= 4 is 5.70 Å². The molecular formula is C22H22CrN2O6. The quantitative estimate of drug-likeness (QED) is 0.383. The van der Waals surface area contributed by atoms with Crippen molar-refractivity contribution in [3.8, 4) is 0 Å². The van der Waals surface area contributed by atoms with Gasteiger partial charge in [-0.2, -0.15) is 5.10 Å². The topological polar surface area (TPSA) is 127 Å². The Morgan fingerprint density at radius 3 is 1.71 bits per heavy atom. The molecule has 0 N–H and O–H groups in total. The number of ether oxygens (including phenoxy) is 1. The van der Waals surface area contributed by atoms with E-state index < -0.39 is 0 Å². The van der Waals surface area contributed by atoms with Crippen LogP contribution in [-0.2, 0) is 45.4 Å². The van der Waals surface area contributed by atoms with Gasteiger partial charge in [-0.15, -0.1) is 0 Å². The molecule has 0 aliphatic carbocycles. The molecule has 0 aliphatic rings. The molecule has 0 amide bonds. The van der Waals surface area contributed by atoms with Gasteiger partial charge in [-0.1, -0.05) is 30.3 Å². The monoisotopic (exact) mass is 462 g/mol. The first kappa shape index (κ1) is 38.9. The zero-order chi connectivity index (χ0) is 24.5. The van der Waals surface area contributed by atoms with E-state index in [2.05, 4.69) is 70.4 Å². The van der Waals surface area contributed by atoms with Crippen LogP contribution in [0.3, 0.4) is 0 Å². The minimum Gasteiger partial charge on any atom is 0 e. The van der Waals surface area contributed by atoms with Crippen LogP contribution in [0, 0.1) is 54.0 Å². The van der Waals surface area contributed by atoms with Crippen LogP contribution in [-0.4, -0.2) is 23.0 Å². The van der Waals surface area contributed by atoms with Crippen LogP contribution in [0.15, 0.2) is 36.4 Å². The molecule has 0 saturated carbocycles. The van der Waals surface area contributed by atoms with Gasteiger partial charge in [0.2, 0.25) is 0 Å². The average molecular weight is 462 g/mol. The fraction of sp³-hybridized carbons (Fsp3) is 0.273. The van der Waals surface area contributed by atoms with Crippen molar-refractivity contribution in [2.24, 2.45) is 0 Å². The second-order valence-corrected chi connectivity index (χ2v) is 4.82. The number of aromatic nitrogens is 2. The zero-order valence-corrected chi connectivity index (χ0v) is 18.9. The molecular weight excluding hydrogens is 440 g/mol. The van der Waals surface area contributed by atoms with Gasteiger partial charge in [0, 0.05) is 29.7 Å². The Morgan fingerprint density at radius 1 is 0.903 bits per heavy atom. The molecule has 162 valence electrons. The van der Waals surface area contributed by atoms with E-state index >= 15 is 0 Å². The van der Waals surface area contributed by atoms with Gasteiger partial charge in [0.25, 0.3) is 0 Å². The van der Waals surface area contributed by atoms with Gasteiger partial charge < -0.3 is 4.74 Å². The molecule has 0 fully saturated rings. The van der Waals surface area contributed by atoms with Crippen molar-refractivity contribution < 1.29 is 45.4 Å². The third-order valence-corrected chi connectivity index (χ3v) is 3.55. The summed E-state index contributed by atoms with van der Waals surface area (Å²) in [5.74, 6) is 0. The fourth-order valence-corrected chi connectivity index (χ4v) is 2.15. The van der Waals surface area contributed by atoms with Crippen LogP contribution in [0.5, 0.6) is 0 Å². The van der Waals surface area contributed by atoms with E-state index in [9.17, 15) is 0 Å². The summed E-state index contributed by atoms with van der Waals surface area (Å²) in [5.41, 5.74) is 5.71. The van der Waals surface area contributed by atoms with Crippen LogP contribution in [0.25, 0.3) is 5.70 Å². The summed E-state index contributed by atoms with van der Waals surface area (Å²) < 4.78 is 45.0. The van der Waals surface area contributed by atoms with Crippen molar-refractivity contribution in [2.75, 3.05) is 13.2 Å². The zero-order valence-electron chi connectivity index (χ0n) is 17.6. The van der Waals surface area contributed by atoms with Gasteiger partial charge >= 0.3 is 56.5 Å². The smallest absolute Gasteiger partial charge is 0 e. The summed E-state index contributed by atoms with van der Waals surface area (Å²) >= 11 is 0. The molecule has 0 atom stereocenters.